The maximum Gasteiger partial charge on any atom is 0.126 e. The predicted octanol–water partition coefficient (Wildman–Crippen LogP) is 0.821. The van der Waals surface area contributed by atoms with Gasteiger partial charge in [0.1, 0.15) is 5.82 Å². The molecule has 0 radical (unpaired) electrons. The molecule has 0 bridgehead atoms. The molecule has 1 unspecified atom stereocenters. The van der Waals surface area contributed by atoms with E-state index in [1.165, 1.54) is 16.2 Å². The third-order valence-electron chi connectivity index (χ3n) is 3.40. The van der Waals surface area contributed by atoms with Gasteiger partial charge in [0, 0.05) is 18.2 Å². The lowest BCUT2D eigenvalue weighted by atomic mass is 10.1. The van der Waals surface area contributed by atoms with Crippen molar-refractivity contribution in [2.75, 3.05) is 11.9 Å². The maximum atomic E-state index is 4.68. The highest BCUT2D eigenvalue weighted by Gasteiger charge is 2.14. The minimum Gasteiger partial charge on any atom is -0.464 e. The molecule has 4 heteroatoms. The van der Waals surface area contributed by atoms with Crippen molar-refractivity contribution >= 4 is 5.82 Å². The van der Waals surface area contributed by atoms with Gasteiger partial charge in [0.05, 0.1) is 31.0 Å². The van der Waals surface area contributed by atoms with Crippen LogP contribution in [-0.4, -0.2) is 16.5 Å². The van der Waals surface area contributed by atoms with E-state index in [1.807, 2.05) is 30.5 Å². The van der Waals surface area contributed by atoms with E-state index >= 15 is 0 Å². The van der Waals surface area contributed by atoms with Crippen molar-refractivity contribution in [2.24, 2.45) is 0 Å². The number of rotatable bonds is 3. The Kier molecular flexibility index (Phi) is 3.42. The third-order valence-corrected chi connectivity index (χ3v) is 3.40. The van der Waals surface area contributed by atoms with Gasteiger partial charge in [-0.05, 0) is 24.3 Å². The molecule has 3 rings (SSSR count). The number of anilines is 1. The molecule has 2 aromatic heterocycles. The molecule has 2 N–H and O–H groups in total. The molecule has 0 saturated carbocycles. The summed E-state index contributed by atoms with van der Waals surface area (Å²) in [5.41, 5.74) is 3.55. The van der Waals surface area contributed by atoms with Crippen molar-refractivity contribution in [3.63, 3.8) is 0 Å². The second-order valence-electron chi connectivity index (χ2n) is 4.90. The fourth-order valence-corrected chi connectivity index (χ4v) is 2.34. The number of fused-ring (bicyclic) bond motifs is 1. The molecular formula is C15H18N4. The summed E-state index contributed by atoms with van der Waals surface area (Å²) >= 11 is 0. The number of nitrogens with one attached hydrogen (secondary N) is 2. The van der Waals surface area contributed by atoms with Crippen LogP contribution in [0.3, 0.4) is 0 Å². The van der Waals surface area contributed by atoms with Gasteiger partial charge in [-0.25, -0.2) is 4.98 Å². The van der Waals surface area contributed by atoms with E-state index in [0.29, 0.717) is 6.54 Å². The minimum atomic E-state index is 0.708. The fourth-order valence-electron chi connectivity index (χ4n) is 2.34. The molecule has 1 aliphatic rings. The first-order valence-electron chi connectivity index (χ1n) is 6.60. The molecule has 3 heterocycles. The van der Waals surface area contributed by atoms with Crippen molar-refractivity contribution in [2.45, 2.75) is 19.5 Å². The standard InChI is InChI=1S/C15H18N4/c1-19-9-7-14-12(11-19)5-6-15(18-14)17-10-13-4-2-3-8-16-13/h2-6,8,19H,1,7,9-11H2,(H,17,18). The summed E-state index contributed by atoms with van der Waals surface area (Å²) in [7, 11) is 4.06. The van der Waals surface area contributed by atoms with Crippen LogP contribution in [0.1, 0.15) is 17.0 Å². The van der Waals surface area contributed by atoms with Gasteiger partial charge in [-0.15, -0.1) is 0 Å². The van der Waals surface area contributed by atoms with Crippen LogP contribution in [0.25, 0.3) is 0 Å². The lowest BCUT2D eigenvalue weighted by Gasteiger charge is -2.27. The highest BCUT2D eigenvalue weighted by Crippen LogP contribution is 2.13. The Morgan fingerprint density at radius 1 is 1.26 bits per heavy atom. The first-order valence-corrected chi connectivity index (χ1v) is 6.60. The van der Waals surface area contributed by atoms with Gasteiger partial charge < -0.3 is 10.2 Å². The first-order chi connectivity index (χ1) is 9.31. The smallest absolute Gasteiger partial charge is 0.126 e. The number of hydrogen-bond donors (Lipinski definition) is 2. The Labute approximate surface area is 113 Å². The fraction of sp³-hybridized carbons (Fsp3) is 0.267. The van der Waals surface area contributed by atoms with Crippen molar-refractivity contribution in [1.29, 1.82) is 0 Å². The van der Waals surface area contributed by atoms with Gasteiger partial charge in [-0.1, -0.05) is 6.07 Å². The molecular weight excluding hydrogens is 236 g/mol. The average Bonchev–Trinajstić information content (AvgIpc) is 2.46. The largest absolute Gasteiger partial charge is 0.464 e. The van der Waals surface area contributed by atoms with Gasteiger partial charge in [0.2, 0.25) is 0 Å². The second kappa shape index (κ2) is 5.36. The van der Waals surface area contributed by atoms with Crippen LogP contribution in [0.2, 0.25) is 0 Å². The molecule has 1 atom stereocenters. The van der Waals surface area contributed by atoms with E-state index in [0.717, 1.165) is 31.0 Å². The molecule has 0 saturated heterocycles. The highest BCUT2D eigenvalue weighted by atomic mass is 15.1. The Bertz CT molecular complexity index is 553. The molecule has 2 aromatic rings. The summed E-state index contributed by atoms with van der Waals surface area (Å²) in [6.45, 7) is 2.74. The zero-order chi connectivity index (χ0) is 13.1. The van der Waals surface area contributed by atoms with Crippen molar-refractivity contribution < 1.29 is 4.90 Å². The van der Waals surface area contributed by atoms with E-state index in [9.17, 15) is 0 Å². The van der Waals surface area contributed by atoms with Gasteiger partial charge in [-0.3, -0.25) is 4.98 Å². The van der Waals surface area contributed by atoms with Gasteiger partial charge in [-0.2, -0.15) is 7.05 Å². The summed E-state index contributed by atoms with van der Waals surface area (Å²) in [5, 5.41) is 3.33. The molecule has 19 heavy (non-hydrogen) atoms. The van der Waals surface area contributed by atoms with E-state index in [1.54, 1.807) is 0 Å². The normalized spacial score (nSPS) is 17.8. The lowest BCUT2D eigenvalue weighted by Crippen LogP contribution is -3.06. The summed E-state index contributed by atoms with van der Waals surface area (Å²) < 4.78 is 0. The minimum absolute atomic E-state index is 0.708. The molecule has 0 amide bonds. The van der Waals surface area contributed by atoms with E-state index in [-0.39, 0.29) is 0 Å². The second-order valence-corrected chi connectivity index (χ2v) is 4.90. The van der Waals surface area contributed by atoms with E-state index < -0.39 is 0 Å². The molecule has 0 fully saturated rings. The van der Waals surface area contributed by atoms with E-state index in [4.69, 9.17) is 0 Å². The summed E-state index contributed by atoms with van der Waals surface area (Å²) in [4.78, 5) is 10.3. The Balaban J connectivity index is 1.69. The third kappa shape index (κ3) is 2.90. The predicted molar refractivity (Wildman–Crippen MR) is 74.4 cm³/mol. The molecule has 0 aromatic carbocycles. The number of hydrogen-bond acceptors (Lipinski definition) is 3. The number of pyridine rings is 2. The van der Waals surface area contributed by atoms with E-state index in [2.05, 4.69) is 28.4 Å². The molecule has 0 spiro atoms. The summed E-state index contributed by atoms with van der Waals surface area (Å²) in [6.07, 6.45) is 2.82. The Morgan fingerprint density at radius 2 is 2.21 bits per heavy atom. The van der Waals surface area contributed by atoms with Crippen LogP contribution >= 0.6 is 0 Å². The van der Waals surface area contributed by atoms with Crippen molar-refractivity contribution in [1.82, 2.24) is 9.97 Å². The zero-order valence-electron chi connectivity index (χ0n) is 10.9. The van der Waals surface area contributed by atoms with Crippen molar-refractivity contribution in [3.05, 3.63) is 60.5 Å². The van der Waals surface area contributed by atoms with Crippen LogP contribution in [0, 0.1) is 7.05 Å². The number of nitrogens with zero attached hydrogens (tertiary/aromatic N) is 2. The molecule has 0 aliphatic carbocycles. The Hall–Kier alpha value is -1.94. The van der Waals surface area contributed by atoms with Gasteiger partial charge in [0.15, 0.2) is 0 Å². The highest BCUT2D eigenvalue weighted by molar-refractivity contribution is 5.39. The number of aromatic nitrogens is 2. The van der Waals surface area contributed by atoms with Gasteiger partial charge in [0.25, 0.3) is 0 Å². The maximum absolute atomic E-state index is 4.68. The topological polar surface area (TPSA) is 42.2 Å². The van der Waals surface area contributed by atoms with Crippen molar-refractivity contribution in [3.8, 4) is 0 Å². The van der Waals surface area contributed by atoms with Crippen LogP contribution in [-0.2, 0) is 19.5 Å². The lowest BCUT2D eigenvalue weighted by molar-refractivity contribution is -0.870. The van der Waals surface area contributed by atoms with Crippen LogP contribution in [0.4, 0.5) is 5.82 Å². The quantitative estimate of drug-likeness (QED) is 0.797. The monoisotopic (exact) mass is 254 g/mol. The molecule has 98 valence electrons. The van der Waals surface area contributed by atoms with Crippen LogP contribution in [0.15, 0.2) is 36.5 Å². The zero-order valence-corrected chi connectivity index (χ0v) is 10.9. The van der Waals surface area contributed by atoms with Crippen LogP contribution < -0.4 is 10.2 Å². The summed E-state index contributed by atoms with van der Waals surface area (Å²) in [5.74, 6) is 0.928. The summed E-state index contributed by atoms with van der Waals surface area (Å²) in [6, 6.07) is 10.1. The Morgan fingerprint density at radius 3 is 3.05 bits per heavy atom. The molecule has 1 aliphatic heterocycles. The number of quaternary nitrogens is 1. The average molecular weight is 254 g/mol. The molecule has 4 nitrogen and oxygen atoms in total. The first kappa shape index (κ1) is 12.1. The van der Waals surface area contributed by atoms with Crippen LogP contribution in [0.5, 0.6) is 0 Å². The SMILES string of the molecule is [CH2-][NH+]1CCc2nc(NCc3ccccn3)ccc2C1. The van der Waals surface area contributed by atoms with Gasteiger partial charge >= 0.3 is 0 Å².